The highest BCUT2D eigenvalue weighted by Gasteiger charge is 2.49. The van der Waals surface area contributed by atoms with Gasteiger partial charge in [-0.25, -0.2) is 0 Å². The number of carbonyl (C=O) groups excluding carboxylic acids is 1. The molecule has 1 aliphatic rings. The van der Waals surface area contributed by atoms with Crippen molar-refractivity contribution in [2.45, 2.75) is 70.8 Å². The van der Waals surface area contributed by atoms with E-state index in [4.69, 9.17) is 10.5 Å². The van der Waals surface area contributed by atoms with Gasteiger partial charge in [-0.15, -0.1) is 0 Å². The number of nitrogens with one attached hydrogen (secondary N) is 1. The van der Waals surface area contributed by atoms with Crippen LogP contribution < -0.4 is 11.1 Å². The van der Waals surface area contributed by atoms with Crippen LogP contribution in [0.3, 0.4) is 0 Å². The van der Waals surface area contributed by atoms with Gasteiger partial charge in [-0.3, -0.25) is 4.79 Å². The number of unbranched alkanes of at least 4 members (excludes halogenated alkanes) is 5. The van der Waals surface area contributed by atoms with E-state index in [-0.39, 0.29) is 5.91 Å². The van der Waals surface area contributed by atoms with Crippen LogP contribution in [0.5, 0.6) is 0 Å². The molecule has 1 unspecified atom stereocenters. The lowest BCUT2D eigenvalue weighted by Crippen LogP contribution is -2.60. The summed E-state index contributed by atoms with van der Waals surface area (Å²) in [5.41, 5.74) is 4.99. The Morgan fingerprint density at radius 2 is 1.85 bits per heavy atom. The summed E-state index contributed by atoms with van der Waals surface area (Å²) in [4.78, 5) is 11.8. The van der Waals surface area contributed by atoms with Gasteiger partial charge in [0.1, 0.15) is 5.54 Å². The maximum absolute atomic E-state index is 11.8. The first-order chi connectivity index (χ1) is 9.67. The predicted molar refractivity (Wildman–Crippen MR) is 82.5 cm³/mol. The number of hydrogen-bond donors (Lipinski definition) is 2. The minimum Gasteiger partial charge on any atom is -0.379 e. The molecule has 0 aliphatic heterocycles. The van der Waals surface area contributed by atoms with Gasteiger partial charge < -0.3 is 15.8 Å². The highest BCUT2D eigenvalue weighted by Crippen LogP contribution is 2.39. The van der Waals surface area contributed by atoms with Crippen LogP contribution in [-0.2, 0) is 9.53 Å². The molecule has 3 N–H and O–H groups in total. The lowest BCUT2D eigenvalue weighted by atomic mass is 9.93. The normalized spacial score (nSPS) is 17.9. The molecule has 1 atom stereocenters. The predicted octanol–water partition coefficient (Wildman–Crippen LogP) is 2.61. The van der Waals surface area contributed by atoms with E-state index < -0.39 is 5.54 Å². The Kier molecular flexibility index (Phi) is 8.15. The van der Waals surface area contributed by atoms with Crippen molar-refractivity contribution in [3.05, 3.63) is 0 Å². The second-order valence-electron chi connectivity index (χ2n) is 5.96. The van der Waals surface area contributed by atoms with Crippen molar-refractivity contribution in [3.8, 4) is 0 Å². The van der Waals surface area contributed by atoms with Gasteiger partial charge in [-0.2, -0.15) is 0 Å². The van der Waals surface area contributed by atoms with E-state index in [0.29, 0.717) is 12.5 Å². The fraction of sp³-hybridized carbons (Fsp3) is 0.938. The molecule has 0 bridgehead atoms. The highest BCUT2D eigenvalue weighted by atomic mass is 16.5. The van der Waals surface area contributed by atoms with Crippen molar-refractivity contribution < 1.29 is 9.53 Å². The molecule has 4 nitrogen and oxygen atoms in total. The van der Waals surface area contributed by atoms with Gasteiger partial charge in [0.25, 0.3) is 0 Å². The highest BCUT2D eigenvalue weighted by molar-refractivity contribution is 5.85. The average Bonchev–Trinajstić information content (AvgIpc) is 3.25. The fourth-order valence-corrected chi connectivity index (χ4v) is 2.78. The zero-order valence-corrected chi connectivity index (χ0v) is 13.2. The number of amides is 1. The summed E-state index contributed by atoms with van der Waals surface area (Å²) in [7, 11) is 0. The van der Waals surface area contributed by atoms with Crippen LogP contribution in [0.4, 0.5) is 0 Å². The van der Waals surface area contributed by atoms with Crippen LogP contribution in [0.25, 0.3) is 0 Å². The molecule has 0 saturated heterocycles. The SMILES string of the molecule is CCCCCCCCOCC(NCC)(C(N)=O)C1CC1. The summed E-state index contributed by atoms with van der Waals surface area (Å²) in [6, 6.07) is 0. The zero-order valence-electron chi connectivity index (χ0n) is 13.2. The van der Waals surface area contributed by atoms with Crippen LogP contribution >= 0.6 is 0 Å². The number of likely N-dealkylation sites (N-methyl/N-ethyl adjacent to an activating group) is 1. The first-order valence-corrected chi connectivity index (χ1v) is 8.30. The van der Waals surface area contributed by atoms with Crippen molar-refractivity contribution in [2.24, 2.45) is 11.7 Å². The lowest BCUT2D eigenvalue weighted by Gasteiger charge is -2.31. The Balaban J connectivity index is 2.20. The molecular weight excluding hydrogens is 252 g/mol. The van der Waals surface area contributed by atoms with Crippen molar-refractivity contribution in [2.75, 3.05) is 19.8 Å². The van der Waals surface area contributed by atoms with Crippen molar-refractivity contribution in [1.82, 2.24) is 5.32 Å². The number of carbonyl (C=O) groups is 1. The standard InChI is InChI=1S/C16H32N2O2/c1-3-5-6-7-8-9-12-20-13-16(15(17)19,18-4-2)14-10-11-14/h14,18H,3-13H2,1-2H3,(H2,17,19). The molecule has 1 aliphatic carbocycles. The smallest absolute Gasteiger partial charge is 0.240 e. The van der Waals surface area contributed by atoms with Gasteiger partial charge in [0.15, 0.2) is 0 Å². The van der Waals surface area contributed by atoms with Crippen LogP contribution in [0.15, 0.2) is 0 Å². The lowest BCUT2D eigenvalue weighted by molar-refractivity contribution is -0.128. The second kappa shape index (κ2) is 9.35. The second-order valence-corrected chi connectivity index (χ2v) is 5.96. The molecule has 1 fully saturated rings. The van der Waals surface area contributed by atoms with Crippen molar-refractivity contribution in [3.63, 3.8) is 0 Å². The number of ether oxygens (including phenoxy) is 1. The van der Waals surface area contributed by atoms with Crippen LogP contribution in [0, 0.1) is 5.92 Å². The number of nitrogens with two attached hydrogens (primary N) is 1. The molecule has 0 radical (unpaired) electrons. The minimum absolute atomic E-state index is 0.259. The molecule has 0 aromatic carbocycles. The van der Waals surface area contributed by atoms with E-state index in [1.807, 2.05) is 6.92 Å². The molecule has 118 valence electrons. The van der Waals surface area contributed by atoms with Crippen molar-refractivity contribution in [1.29, 1.82) is 0 Å². The van der Waals surface area contributed by atoms with Crippen LogP contribution in [0.1, 0.15) is 65.2 Å². The first-order valence-electron chi connectivity index (χ1n) is 8.30. The molecule has 4 heteroatoms. The summed E-state index contributed by atoms with van der Waals surface area (Å²) in [6.07, 6.45) is 9.67. The average molecular weight is 284 g/mol. The van der Waals surface area contributed by atoms with E-state index >= 15 is 0 Å². The van der Waals surface area contributed by atoms with Gasteiger partial charge in [-0.05, 0) is 31.7 Å². The Morgan fingerprint density at radius 3 is 2.40 bits per heavy atom. The Morgan fingerprint density at radius 1 is 1.20 bits per heavy atom. The summed E-state index contributed by atoms with van der Waals surface area (Å²) >= 11 is 0. The fourth-order valence-electron chi connectivity index (χ4n) is 2.78. The van der Waals surface area contributed by atoms with Crippen LogP contribution in [0.2, 0.25) is 0 Å². The zero-order chi connectivity index (χ0) is 14.8. The van der Waals surface area contributed by atoms with Crippen molar-refractivity contribution >= 4 is 5.91 Å². The Hall–Kier alpha value is -0.610. The molecule has 0 heterocycles. The van der Waals surface area contributed by atoms with E-state index in [1.165, 1.54) is 32.1 Å². The summed E-state index contributed by atoms with van der Waals surface area (Å²) in [6.45, 7) is 6.15. The van der Waals surface area contributed by atoms with E-state index in [1.54, 1.807) is 0 Å². The quantitative estimate of drug-likeness (QED) is 0.511. The third kappa shape index (κ3) is 5.41. The third-order valence-electron chi connectivity index (χ3n) is 4.18. The molecular formula is C16H32N2O2. The van der Waals surface area contributed by atoms with Crippen LogP contribution in [-0.4, -0.2) is 31.2 Å². The third-order valence-corrected chi connectivity index (χ3v) is 4.18. The molecule has 0 aromatic heterocycles. The van der Waals surface area contributed by atoms with E-state index in [2.05, 4.69) is 12.2 Å². The van der Waals surface area contributed by atoms with E-state index in [0.717, 1.165) is 32.4 Å². The van der Waals surface area contributed by atoms with Gasteiger partial charge in [0.05, 0.1) is 6.61 Å². The molecule has 20 heavy (non-hydrogen) atoms. The number of primary amides is 1. The molecule has 0 spiro atoms. The van der Waals surface area contributed by atoms with Gasteiger partial charge >= 0.3 is 0 Å². The number of hydrogen-bond acceptors (Lipinski definition) is 3. The van der Waals surface area contributed by atoms with Gasteiger partial charge in [0.2, 0.25) is 5.91 Å². The molecule has 1 saturated carbocycles. The molecule has 1 rings (SSSR count). The summed E-state index contributed by atoms with van der Waals surface area (Å²) in [5.74, 6) is 0.106. The maximum atomic E-state index is 11.8. The minimum atomic E-state index is -0.628. The topological polar surface area (TPSA) is 64.3 Å². The maximum Gasteiger partial charge on any atom is 0.240 e. The summed E-state index contributed by atoms with van der Waals surface area (Å²) < 4.78 is 5.76. The largest absolute Gasteiger partial charge is 0.379 e. The van der Waals surface area contributed by atoms with Gasteiger partial charge in [0, 0.05) is 6.61 Å². The Labute approximate surface area is 123 Å². The number of rotatable bonds is 13. The Bertz CT molecular complexity index is 280. The molecule has 0 aromatic rings. The van der Waals surface area contributed by atoms with Gasteiger partial charge in [-0.1, -0.05) is 46.0 Å². The first kappa shape index (κ1) is 17.4. The monoisotopic (exact) mass is 284 g/mol. The molecule has 1 amide bonds. The summed E-state index contributed by atoms with van der Waals surface area (Å²) in [5, 5.41) is 3.28. The van der Waals surface area contributed by atoms with E-state index in [9.17, 15) is 4.79 Å².